The second kappa shape index (κ2) is 6.45. The number of carbonyl (C=O) groups excluding carboxylic acids is 1. The van der Waals surface area contributed by atoms with Gasteiger partial charge in [-0.1, -0.05) is 0 Å². The summed E-state index contributed by atoms with van der Waals surface area (Å²) in [5.74, 6) is 0.925. The summed E-state index contributed by atoms with van der Waals surface area (Å²) >= 11 is 0. The summed E-state index contributed by atoms with van der Waals surface area (Å²) in [6.07, 6.45) is 4.97. The van der Waals surface area contributed by atoms with Gasteiger partial charge in [0.15, 0.2) is 0 Å². The SMILES string of the molecule is CC(C)N(C)Cc1cnc2n1CCN(C(=O)c1ccnnc1)C2. The minimum Gasteiger partial charge on any atom is -0.329 e. The van der Waals surface area contributed by atoms with E-state index in [0.717, 1.165) is 18.9 Å². The first-order valence-corrected chi connectivity index (χ1v) is 7.85. The van der Waals surface area contributed by atoms with Gasteiger partial charge in [0.05, 0.1) is 30.2 Å². The maximum absolute atomic E-state index is 12.5. The third kappa shape index (κ3) is 3.24. The van der Waals surface area contributed by atoms with Crippen molar-refractivity contribution in [3.63, 3.8) is 0 Å². The molecule has 1 amide bonds. The van der Waals surface area contributed by atoms with E-state index >= 15 is 0 Å². The normalized spacial score (nSPS) is 14.4. The standard InChI is InChI=1S/C16H22N6O/c1-12(2)20(3)10-14-9-17-15-11-21(6-7-22(14)15)16(23)13-4-5-18-19-8-13/h4-5,8-9,12H,6-7,10-11H2,1-3H3. The fraction of sp³-hybridized carbons (Fsp3) is 0.500. The number of carbonyl (C=O) groups is 1. The van der Waals surface area contributed by atoms with Crippen molar-refractivity contribution < 1.29 is 4.79 Å². The van der Waals surface area contributed by atoms with Gasteiger partial charge < -0.3 is 9.47 Å². The van der Waals surface area contributed by atoms with Crippen molar-refractivity contribution in [2.24, 2.45) is 0 Å². The minimum absolute atomic E-state index is 0.0185. The first-order chi connectivity index (χ1) is 11.1. The van der Waals surface area contributed by atoms with Gasteiger partial charge in [0.25, 0.3) is 5.91 Å². The highest BCUT2D eigenvalue weighted by Crippen LogP contribution is 2.17. The fourth-order valence-corrected chi connectivity index (χ4v) is 2.66. The summed E-state index contributed by atoms with van der Waals surface area (Å²) in [6.45, 7) is 7.22. The molecule has 23 heavy (non-hydrogen) atoms. The number of imidazole rings is 1. The summed E-state index contributed by atoms with van der Waals surface area (Å²) < 4.78 is 2.23. The van der Waals surface area contributed by atoms with Crippen molar-refractivity contribution in [2.75, 3.05) is 13.6 Å². The summed E-state index contributed by atoms with van der Waals surface area (Å²) in [4.78, 5) is 21.1. The van der Waals surface area contributed by atoms with Gasteiger partial charge in [-0.05, 0) is 27.0 Å². The molecule has 0 radical (unpaired) electrons. The Morgan fingerprint density at radius 1 is 1.30 bits per heavy atom. The van der Waals surface area contributed by atoms with Crippen LogP contribution in [-0.4, -0.2) is 55.1 Å². The molecule has 0 aromatic carbocycles. The molecule has 1 aliphatic rings. The molecule has 0 bridgehead atoms. The van der Waals surface area contributed by atoms with Crippen LogP contribution in [0.1, 0.15) is 35.7 Å². The lowest BCUT2D eigenvalue weighted by atomic mass is 10.2. The Morgan fingerprint density at radius 3 is 2.83 bits per heavy atom. The van der Waals surface area contributed by atoms with Crippen molar-refractivity contribution in [2.45, 2.75) is 39.5 Å². The Bertz CT molecular complexity index is 681. The van der Waals surface area contributed by atoms with Gasteiger partial charge in [-0.3, -0.25) is 9.69 Å². The molecule has 3 heterocycles. The highest BCUT2D eigenvalue weighted by atomic mass is 16.2. The van der Waals surface area contributed by atoms with E-state index in [1.54, 1.807) is 6.07 Å². The van der Waals surface area contributed by atoms with Crippen LogP contribution in [0.2, 0.25) is 0 Å². The molecular formula is C16H22N6O. The van der Waals surface area contributed by atoms with Crippen LogP contribution >= 0.6 is 0 Å². The van der Waals surface area contributed by atoms with Gasteiger partial charge in [-0.2, -0.15) is 10.2 Å². The van der Waals surface area contributed by atoms with Crippen LogP contribution in [-0.2, 0) is 19.6 Å². The van der Waals surface area contributed by atoms with Gasteiger partial charge >= 0.3 is 0 Å². The maximum atomic E-state index is 12.5. The Balaban J connectivity index is 1.73. The number of hydrogen-bond donors (Lipinski definition) is 0. The number of hydrogen-bond acceptors (Lipinski definition) is 5. The lowest BCUT2D eigenvalue weighted by Crippen LogP contribution is -2.39. The second-order valence-corrected chi connectivity index (χ2v) is 6.18. The van der Waals surface area contributed by atoms with Crippen LogP contribution < -0.4 is 0 Å². The maximum Gasteiger partial charge on any atom is 0.256 e. The Labute approximate surface area is 135 Å². The molecular weight excluding hydrogens is 292 g/mol. The third-order valence-electron chi connectivity index (χ3n) is 4.36. The van der Waals surface area contributed by atoms with E-state index in [1.165, 1.54) is 18.1 Å². The van der Waals surface area contributed by atoms with Gasteiger partial charge in [-0.25, -0.2) is 4.98 Å². The minimum atomic E-state index is -0.0185. The lowest BCUT2D eigenvalue weighted by Gasteiger charge is -2.29. The average molecular weight is 314 g/mol. The molecule has 0 unspecified atom stereocenters. The molecule has 2 aromatic rings. The predicted molar refractivity (Wildman–Crippen MR) is 85.6 cm³/mol. The van der Waals surface area contributed by atoms with Crippen molar-refractivity contribution >= 4 is 5.91 Å². The van der Waals surface area contributed by atoms with Gasteiger partial charge in [0, 0.05) is 31.9 Å². The lowest BCUT2D eigenvalue weighted by molar-refractivity contribution is 0.0704. The predicted octanol–water partition coefficient (Wildman–Crippen LogP) is 1.17. The molecule has 7 heteroatoms. The summed E-state index contributed by atoms with van der Waals surface area (Å²) in [5, 5.41) is 7.49. The van der Waals surface area contributed by atoms with Gasteiger partial charge in [0.1, 0.15) is 5.82 Å². The van der Waals surface area contributed by atoms with E-state index in [0.29, 0.717) is 24.7 Å². The highest BCUT2D eigenvalue weighted by molar-refractivity contribution is 5.93. The second-order valence-electron chi connectivity index (χ2n) is 6.18. The van der Waals surface area contributed by atoms with Crippen LogP contribution in [0.3, 0.4) is 0 Å². The zero-order chi connectivity index (χ0) is 16.4. The van der Waals surface area contributed by atoms with E-state index in [-0.39, 0.29) is 5.91 Å². The number of aromatic nitrogens is 4. The molecule has 2 aromatic heterocycles. The van der Waals surface area contributed by atoms with Crippen LogP contribution in [0.15, 0.2) is 24.7 Å². The summed E-state index contributed by atoms with van der Waals surface area (Å²) in [5.41, 5.74) is 1.77. The fourth-order valence-electron chi connectivity index (χ4n) is 2.66. The van der Waals surface area contributed by atoms with E-state index in [4.69, 9.17) is 0 Å². The quantitative estimate of drug-likeness (QED) is 0.847. The monoisotopic (exact) mass is 314 g/mol. The topological polar surface area (TPSA) is 67.2 Å². The van der Waals surface area contributed by atoms with Crippen molar-refractivity contribution in [1.82, 2.24) is 29.5 Å². The van der Waals surface area contributed by atoms with Crippen LogP contribution in [0.4, 0.5) is 0 Å². The number of amides is 1. The molecule has 0 saturated heterocycles. The van der Waals surface area contributed by atoms with Crippen LogP contribution in [0.25, 0.3) is 0 Å². The number of nitrogens with zero attached hydrogens (tertiary/aromatic N) is 6. The van der Waals surface area contributed by atoms with Gasteiger partial charge in [-0.15, -0.1) is 0 Å². The van der Waals surface area contributed by atoms with E-state index in [1.807, 2.05) is 11.1 Å². The van der Waals surface area contributed by atoms with E-state index in [9.17, 15) is 4.79 Å². The first-order valence-electron chi connectivity index (χ1n) is 7.85. The number of rotatable bonds is 4. The molecule has 0 atom stereocenters. The molecule has 0 fully saturated rings. The molecule has 3 rings (SSSR count). The van der Waals surface area contributed by atoms with Crippen molar-refractivity contribution in [3.05, 3.63) is 41.7 Å². The Kier molecular flexibility index (Phi) is 4.38. The smallest absolute Gasteiger partial charge is 0.256 e. The molecule has 0 N–H and O–H groups in total. The molecule has 0 saturated carbocycles. The molecule has 0 spiro atoms. The third-order valence-corrected chi connectivity index (χ3v) is 4.36. The summed E-state index contributed by atoms with van der Waals surface area (Å²) in [7, 11) is 2.11. The van der Waals surface area contributed by atoms with E-state index in [2.05, 4.69) is 45.5 Å². The zero-order valence-corrected chi connectivity index (χ0v) is 13.8. The molecule has 0 aliphatic carbocycles. The van der Waals surface area contributed by atoms with Gasteiger partial charge in [0.2, 0.25) is 0 Å². The van der Waals surface area contributed by atoms with Crippen molar-refractivity contribution in [3.8, 4) is 0 Å². The van der Waals surface area contributed by atoms with E-state index < -0.39 is 0 Å². The Hall–Kier alpha value is -2.28. The molecule has 1 aliphatic heterocycles. The highest BCUT2D eigenvalue weighted by Gasteiger charge is 2.24. The Morgan fingerprint density at radius 2 is 2.13 bits per heavy atom. The van der Waals surface area contributed by atoms with Crippen LogP contribution in [0, 0.1) is 0 Å². The largest absolute Gasteiger partial charge is 0.329 e. The molecule has 7 nitrogen and oxygen atoms in total. The van der Waals surface area contributed by atoms with Crippen LogP contribution in [0.5, 0.6) is 0 Å². The molecule has 122 valence electrons. The summed E-state index contributed by atoms with van der Waals surface area (Å²) in [6, 6.07) is 2.18. The van der Waals surface area contributed by atoms with Crippen molar-refractivity contribution in [1.29, 1.82) is 0 Å². The number of fused-ring (bicyclic) bond motifs is 1. The zero-order valence-electron chi connectivity index (χ0n) is 13.8. The first kappa shape index (κ1) is 15.6. The average Bonchev–Trinajstić information content (AvgIpc) is 2.97.